The molecule has 1 heteroatoms. The minimum absolute atomic E-state index is 0.190. The number of hydrogen-bond acceptors (Lipinski definition) is 1. The topological polar surface area (TPSA) is 9.23 Å². The lowest BCUT2D eigenvalue weighted by atomic mass is 9.71. The Hall–Kier alpha value is -1.24. The van der Waals surface area contributed by atoms with Gasteiger partial charge >= 0.3 is 0 Å². The van der Waals surface area contributed by atoms with Crippen molar-refractivity contribution < 1.29 is 4.74 Å². The number of fused-ring (bicyclic) bond motifs is 1. The highest BCUT2D eigenvalue weighted by molar-refractivity contribution is 5.65. The average molecular weight is 258 g/mol. The predicted octanol–water partition coefficient (Wildman–Crippen LogP) is 4.82. The summed E-state index contributed by atoms with van der Waals surface area (Å²) in [5, 5.41) is 0. The first-order chi connectivity index (χ1) is 8.64. The molecule has 1 aromatic rings. The molecule has 0 bridgehead atoms. The lowest BCUT2D eigenvalue weighted by Gasteiger charge is -2.32. The first kappa shape index (κ1) is 14.2. The maximum absolute atomic E-state index is 5.33. The summed E-state index contributed by atoms with van der Waals surface area (Å²) in [6, 6.07) is 4.63. The van der Waals surface area contributed by atoms with Gasteiger partial charge in [-0.1, -0.05) is 47.3 Å². The summed E-state index contributed by atoms with van der Waals surface area (Å²) in [6.07, 6.45) is 0. The summed E-state index contributed by atoms with van der Waals surface area (Å²) in [5.74, 6) is 1.37. The molecular formula is C18H26O. The van der Waals surface area contributed by atoms with E-state index in [9.17, 15) is 0 Å². The Kier molecular flexibility index (Phi) is 3.08. The maximum Gasteiger partial charge on any atom is 0.119 e. The average Bonchev–Trinajstić information content (AvgIpc) is 2.47. The fraction of sp³-hybridized carbons (Fsp3) is 0.556. The van der Waals surface area contributed by atoms with Gasteiger partial charge in [0.1, 0.15) is 5.76 Å². The molecule has 1 atom stereocenters. The molecule has 0 aliphatic heterocycles. The fourth-order valence-electron chi connectivity index (χ4n) is 3.55. The summed E-state index contributed by atoms with van der Waals surface area (Å²) in [4.78, 5) is 0. The van der Waals surface area contributed by atoms with E-state index in [1.165, 1.54) is 16.7 Å². The van der Waals surface area contributed by atoms with E-state index in [1.807, 2.05) is 0 Å². The first-order valence-corrected chi connectivity index (χ1v) is 7.03. The second kappa shape index (κ2) is 4.13. The summed E-state index contributed by atoms with van der Waals surface area (Å²) in [5.41, 5.74) is 5.73. The minimum atomic E-state index is 0.190. The molecule has 1 aliphatic rings. The summed E-state index contributed by atoms with van der Waals surface area (Å²) in [7, 11) is 1.69. The van der Waals surface area contributed by atoms with Crippen LogP contribution in [0.1, 0.15) is 56.9 Å². The van der Waals surface area contributed by atoms with Gasteiger partial charge in [-0.3, -0.25) is 0 Å². The zero-order valence-electron chi connectivity index (χ0n) is 13.3. The Balaban J connectivity index is 2.71. The van der Waals surface area contributed by atoms with Crippen LogP contribution in [0.4, 0.5) is 0 Å². The molecule has 0 N–H and O–H groups in total. The van der Waals surface area contributed by atoms with Crippen LogP contribution in [0.3, 0.4) is 0 Å². The van der Waals surface area contributed by atoms with Crippen LogP contribution in [0, 0.1) is 12.8 Å². The van der Waals surface area contributed by atoms with Gasteiger partial charge in [0.05, 0.1) is 7.11 Å². The van der Waals surface area contributed by atoms with Gasteiger partial charge in [-0.05, 0) is 46.4 Å². The van der Waals surface area contributed by atoms with E-state index in [0.29, 0.717) is 5.92 Å². The van der Waals surface area contributed by atoms with Gasteiger partial charge in [0.2, 0.25) is 0 Å². The third-order valence-electron chi connectivity index (χ3n) is 5.46. The van der Waals surface area contributed by atoms with Crippen molar-refractivity contribution in [1.29, 1.82) is 0 Å². The molecule has 0 saturated carbocycles. The van der Waals surface area contributed by atoms with Crippen LogP contribution < -0.4 is 0 Å². The molecule has 104 valence electrons. The number of benzene rings is 1. The molecule has 1 nitrogen and oxygen atoms in total. The highest BCUT2D eigenvalue weighted by atomic mass is 16.5. The second-order valence-corrected chi connectivity index (χ2v) is 7.01. The fourth-order valence-corrected chi connectivity index (χ4v) is 3.55. The van der Waals surface area contributed by atoms with Crippen molar-refractivity contribution in [3.63, 3.8) is 0 Å². The predicted molar refractivity (Wildman–Crippen MR) is 82.4 cm³/mol. The molecule has 0 heterocycles. The lowest BCUT2D eigenvalue weighted by molar-refractivity contribution is 0.264. The minimum Gasteiger partial charge on any atom is -0.497 e. The van der Waals surface area contributed by atoms with Gasteiger partial charge in [-0.2, -0.15) is 0 Å². The zero-order chi connectivity index (χ0) is 14.6. The molecule has 0 fully saturated rings. The molecule has 0 radical (unpaired) electrons. The largest absolute Gasteiger partial charge is 0.497 e. The lowest BCUT2D eigenvalue weighted by Crippen LogP contribution is -2.30. The standard InChI is InChI=1S/C18H26O/c1-11-9-15-16(10-14(11)12(2)19-8)18(6,7)13(3)17(15,4)5/h9-10,13H,2H2,1,3-8H3. The smallest absolute Gasteiger partial charge is 0.119 e. The number of ether oxygens (including phenoxy) is 1. The Bertz CT molecular complexity index is 535. The Morgan fingerprint density at radius 3 is 2.05 bits per heavy atom. The van der Waals surface area contributed by atoms with Crippen molar-refractivity contribution in [2.45, 2.75) is 52.4 Å². The Morgan fingerprint density at radius 2 is 1.58 bits per heavy atom. The molecule has 0 aromatic heterocycles. The molecule has 2 rings (SSSR count). The van der Waals surface area contributed by atoms with Crippen molar-refractivity contribution >= 4 is 5.76 Å². The zero-order valence-corrected chi connectivity index (χ0v) is 13.3. The number of methoxy groups -OCH3 is 1. The monoisotopic (exact) mass is 258 g/mol. The Labute approximate surface area is 117 Å². The van der Waals surface area contributed by atoms with E-state index in [2.05, 4.69) is 60.3 Å². The van der Waals surface area contributed by atoms with Gasteiger partial charge in [-0.15, -0.1) is 0 Å². The highest BCUT2D eigenvalue weighted by Gasteiger charge is 2.48. The van der Waals surface area contributed by atoms with E-state index in [0.717, 1.165) is 11.3 Å². The van der Waals surface area contributed by atoms with Gasteiger partial charge in [0.15, 0.2) is 0 Å². The van der Waals surface area contributed by atoms with Crippen LogP contribution in [-0.4, -0.2) is 7.11 Å². The van der Waals surface area contributed by atoms with Crippen LogP contribution in [0.15, 0.2) is 18.7 Å². The van der Waals surface area contributed by atoms with Gasteiger partial charge in [0.25, 0.3) is 0 Å². The van der Waals surface area contributed by atoms with Gasteiger partial charge < -0.3 is 4.74 Å². The second-order valence-electron chi connectivity index (χ2n) is 7.01. The molecule has 0 amide bonds. The normalized spacial score (nSPS) is 23.0. The molecular weight excluding hydrogens is 232 g/mol. The first-order valence-electron chi connectivity index (χ1n) is 7.03. The highest BCUT2D eigenvalue weighted by Crippen LogP contribution is 2.54. The van der Waals surface area contributed by atoms with E-state index >= 15 is 0 Å². The molecule has 1 unspecified atom stereocenters. The van der Waals surface area contributed by atoms with Crippen LogP contribution in [-0.2, 0) is 15.6 Å². The van der Waals surface area contributed by atoms with Crippen LogP contribution in [0.2, 0.25) is 0 Å². The van der Waals surface area contributed by atoms with E-state index in [4.69, 9.17) is 4.74 Å². The van der Waals surface area contributed by atoms with Crippen molar-refractivity contribution in [1.82, 2.24) is 0 Å². The number of hydrogen-bond donors (Lipinski definition) is 0. The third-order valence-corrected chi connectivity index (χ3v) is 5.46. The van der Waals surface area contributed by atoms with E-state index in [-0.39, 0.29) is 10.8 Å². The molecule has 1 aromatic carbocycles. The third kappa shape index (κ3) is 1.82. The van der Waals surface area contributed by atoms with E-state index < -0.39 is 0 Å². The quantitative estimate of drug-likeness (QED) is 0.691. The molecule has 1 aliphatic carbocycles. The van der Waals surface area contributed by atoms with Gasteiger partial charge in [0, 0.05) is 5.56 Å². The SMILES string of the molecule is C=C(OC)c1cc2c(cc1C)C(C)(C)C(C)C2(C)C. The van der Waals surface area contributed by atoms with Crippen molar-refractivity contribution in [2.24, 2.45) is 5.92 Å². The summed E-state index contributed by atoms with van der Waals surface area (Å²) >= 11 is 0. The van der Waals surface area contributed by atoms with Gasteiger partial charge in [-0.25, -0.2) is 0 Å². The number of aryl methyl sites for hydroxylation is 1. The molecule has 19 heavy (non-hydrogen) atoms. The summed E-state index contributed by atoms with van der Waals surface area (Å²) in [6.45, 7) is 17.9. The van der Waals surface area contributed by atoms with Crippen molar-refractivity contribution in [3.8, 4) is 0 Å². The number of rotatable bonds is 2. The maximum atomic E-state index is 5.33. The molecule has 0 spiro atoms. The van der Waals surface area contributed by atoms with Crippen molar-refractivity contribution in [2.75, 3.05) is 7.11 Å². The molecule has 0 saturated heterocycles. The van der Waals surface area contributed by atoms with Crippen LogP contribution in [0.5, 0.6) is 0 Å². The summed E-state index contributed by atoms with van der Waals surface area (Å²) < 4.78 is 5.33. The Morgan fingerprint density at radius 1 is 1.11 bits per heavy atom. The van der Waals surface area contributed by atoms with Crippen LogP contribution >= 0.6 is 0 Å². The van der Waals surface area contributed by atoms with Crippen LogP contribution in [0.25, 0.3) is 5.76 Å². The van der Waals surface area contributed by atoms with E-state index in [1.54, 1.807) is 7.11 Å². The van der Waals surface area contributed by atoms with Crippen molar-refractivity contribution in [3.05, 3.63) is 41.0 Å².